The SMILES string of the molecule is O=C(NCCc1cc(Br)cs1)c1ccc(=O)[nH]n1. The number of carbonyl (C=O) groups is 1. The monoisotopic (exact) mass is 327 g/mol. The first kappa shape index (κ1) is 13.0. The molecule has 5 nitrogen and oxygen atoms in total. The van der Waals surface area contributed by atoms with Crippen LogP contribution in [0.1, 0.15) is 15.4 Å². The van der Waals surface area contributed by atoms with Crippen LogP contribution in [0.3, 0.4) is 0 Å². The van der Waals surface area contributed by atoms with E-state index < -0.39 is 0 Å². The number of hydrogen-bond acceptors (Lipinski definition) is 4. The summed E-state index contributed by atoms with van der Waals surface area (Å²) in [5, 5.41) is 10.6. The van der Waals surface area contributed by atoms with Gasteiger partial charge in [0, 0.05) is 27.3 Å². The third-order valence-corrected chi connectivity index (χ3v) is 3.95. The van der Waals surface area contributed by atoms with Crippen molar-refractivity contribution in [2.45, 2.75) is 6.42 Å². The average molecular weight is 328 g/mol. The van der Waals surface area contributed by atoms with Gasteiger partial charge in [-0.1, -0.05) is 0 Å². The summed E-state index contributed by atoms with van der Waals surface area (Å²) in [7, 11) is 0. The van der Waals surface area contributed by atoms with Gasteiger partial charge in [0.1, 0.15) is 5.69 Å². The quantitative estimate of drug-likeness (QED) is 0.895. The summed E-state index contributed by atoms with van der Waals surface area (Å²) in [4.78, 5) is 23.6. The molecule has 0 fully saturated rings. The Kier molecular flexibility index (Phi) is 4.27. The van der Waals surface area contributed by atoms with Crippen LogP contribution in [-0.2, 0) is 6.42 Å². The maximum absolute atomic E-state index is 11.6. The molecule has 0 aliphatic heterocycles. The van der Waals surface area contributed by atoms with E-state index in [0.717, 1.165) is 10.9 Å². The molecule has 2 N–H and O–H groups in total. The standard InChI is InChI=1S/C11H10BrN3O2S/c12-7-5-8(18-6-7)3-4-13-11(17)9-1-2-10(16)15-14-9/h1-2,5-6H,3-4H2,(H,13,17)(H,15,16). The first-order valence-corrected chi connectivity index (χ1v) is 6.89. The zero-order chi connectivity index (χ0) is 13.0. The first-order chi connectivity index (χ1) is 8.65. The molecule has 0 saturated heterocycles. The highest BCUT2D eigenvalue weighted by Crippen LogP contribution is 2.19. The number of rotatable bonds is 4. The normalized spacial score (nSPS) is 10.3. The fourth-order valence-electron chi connectivity index (χ4n) is 1.35. The lowest BCUT2D eigenvalue weighted by atomic mass is 10.3. The van der Waals surface area contributed by atoms with E-state index in [1.165, 1.54) is 17.0 Å². The maximum Gasteiger partial charge on any atom is 0.271 e. The van der Waals surface area contributed by atoms with E-state index >= 15 is 0 Å². The number of thiophene rings is 1. The van der Waals surface area contributed by atoms with Crippen LogP contribution in [0.5, 0.6) is 0 Å². The van der Waals surface area contributed by atoms with Gasteiger partial charge in [0.15, 0.2) is 0 Å². The average Bonchev–Trinajstić information content (AvgIpc) is 2.76. The Labute approximate surface area is 115 Å². The Morgan fingerprint density at radius 3 is 2.94 bits per heavy atom. The molecule has 0 bridgehead atoms. The summed E-state index contributed by atoms with van der Waals surface area (Å²) >= 11 is 5.01. The van der Waals surface area contributed by atoms with Crippen molar-refractivity contribution in [1.29, 1.82) is 0 Å². The number of nitrogens with zero attached hydrogens (tertiary/aromatic N) is 1. The molecular weight excluding hydrogens is 318 g/mol. The van der Waals surface area contributed by atoms with E-state index in [9.17, 15) is 9.59 Å². The summed E-state index contributed by atoms with van der Waals surface area (Å²) in [6.45, 7) is 0.534. The van der Waals surface area contributed by atoms with Crippen molar-refractivity contribution >= 4 is 33.2 Å². The minimum Gasteiger partial charge on any atom is -0.350 e. The number of aromatic amines is 1. The molecular formula is C11H10BrN3O2S. The van der Waals surface area contributed by atoms with Crippen molar-refractivity contribution in [3.63, 3.8) is 0 Å². The molecule has 0 atom stereocenters. The van der Waals surface area contributed by atoms with Gasteiger partial charge in [-0.2, -0.15) is 5.10 Å². The van der Waals surface area contributed by atoms with Crippen molar-refractivity contribution in [2.24, 2.45) is 0 Å². The van der Waals surface area contributed by atoms with Crippen LogP contribution in [0.25, 0.3) is 0 Å². The van der Waals surface area contributed by atoms with Gasteiger partial charge >= 0.3 is 0 Å². The third kappa shape index (κ3) is 3.51. The second-order valence-electron chi connectivity index (χ2n) is 3.54. The lowest BCUT2D eigenvalue weighted by Gasteiger charge is -2.02. The van der Waals surface area contributed by atoms with Crippen molar-refractivity contribution < 1.29 is 4.79 Å². The summed E-state index contributed by atoms with van der Waals surface area (Å²) in [6, 6.07) is 4.70. The molecule has 2 aromatic heterocycles. The lowest BCUT2D eigenvalue weighted by molar-refractivity contribution is 0.0948. The van der Waals surface area contributed by atoms with Crippen molar-refractivity contribution in [1.82, 2.24) is 15.5 Å². The minimum atomic E-state index is -0.324. The highest BCUT2D eigenvalue weighted by molar-refractivity contribution is 9.10. The van der Waals surface area contributed by atoms with Gasteiger partial charge in [0.05, 0.1) is 0 Å². The van der Waals surface area contributed by atoms with Gasteiger partial charge < -0.3 is 5.32 Å². The van der Waals surface area contributed by atoms with Crippen molar-refractivity contribution in [3.05, 3.63) is 49.0 Å². The molecule has 0 saturated carbocycles. The number of nitrogens with one attached hydrogen (secondary N) is 2. The molecule has 0 unspecified atom stereocenters. The van der Waals surface area contributed by atoms with Crippen LogP contribution in [0, 0.1) is 0 Å². The number of halogens is 1. The number of aromatic nitrogens is 2. The molecule has 0 spiro atoms. The molecule has 2 heterocycles. The molecule has 2 rings (SSSR count). The maximum atomic E-state index is 11.6. The van der Waals surface area contributed by atoms with Gasteiger partial charge in [0.2, 0.25) is 0 Å². The zero-order valence-corrected chi connectivity index (χ0v) is 11.7. The Morgan fingerprint density at radius 2 is 2.33 bits per heavy atom. The smallest absolute Gasteiger partial charge is 0.271 e. The van der Waals surface area contributed by atoms with E-state index in [0.29, 0.717) is 6.54 Å². The van der Waals surface area contributed by atoms with Crippen LogP contribution in [0.15, 0.2) is 32.8 Å². The van der Waals surface area contributed by atoms with Crippen LogP contribution in [0.2, 0.25) is 0 Å². The zero-order valence-electron chi connectivity index (χ0n) is 9.27. The molecule has 2 aromatic rings. The predicted molar refractivity (Wildman–Crippen MR) is 72.9 cm³/mol. The fraction of sp³-hybridized carbons (Fsp3) is 0.182. The molecule has 0 aliphatic carbocycles. The van der Waals surface area contributed by atoms with Gasteiger partial charge in [-0.15, -0.1) is 11.3 Å². The van der Waals surface area contributed by atoms with Gasteiger partial charge in [-0.25, -0.2) is 5.10 Å². The van der Waals surface area contributed by atoms with E-state index in [2.05, 4.69) is 31.4 Å². The molecule has 0 aromatic carbocycles. The van der Waals surface area contributed by atoms with Gasteiger partial charge in [-0.05, 0) is 34.5 Å². The Hall–Kier alpha value is -1.47. The predicted octanol–water partition coefficient (Wildman–Crippen LogP) is 1.57. The van der Waals surface area contributed by atoms with E-state index in [1.54, 1.807) is 11.3 Å². The number of H-pyrrole nitrogens is 1. The Bertz CT molecular complexity index is 588. The second-order valence-corrected chi connectivity index (χ2v) is 5.46. The number of hydrogen-bond donors (Lipinski definition) is 2. The van der Waals surface area contributed by atoms with E-state index in [4.69, 9.17) is 0 Å². The van der Waals surface area contributed by atoms with Crippen LogP contribution in [-0.4, -0.2) is 22.6 Å². The second kappa shape index (κ2) is 5.92. The molecule has 18 heavy (non-hydrogen) atoms. The molecule has 0 aliphatic rings. The summed E-state index contributed by atoms with van der Waals surface area (Å²) in [5.41, 5.74) is -0.114. The van der Waals surface area contributed by atoms with Gasteiger partial charge in [0.25, 0.3) is 11.5 Å². The van der Waals surface area contributed by atoms with Crippen LogP contribution in [0.4, 0.5) is 0 Å². The van der Waals surface area contributed by atoms with E-state index in [-0.39, 0.29) is 17.2 Å². The van der Waals surface area contributed by atoms with E-state index in [1.807, 2.05) is 11.4 Å². The number of amides is 1. The van der Waals surface area contributed by atoms with Crippen LogP contribution >= 0.6 is 27.3 Å². The summed E-state index contributed by atoms with van der Waals surface area (Å²) < 4.78 is 1.05. The topological polar surface area (TPSA) is 74.8 Å². The van der Waals surface area contributed by atoms with Gasteiger partial charge in [-0.3, -0.25) is 9.59 Å². The summed E-state index contributed by atoms with van der Waals surface area (Å²) in [5.74, 6) is -0.290. The minimum absolute atomic E-state index is 0.210. The van der Waals surface area contributed by atoms with Crippen LogP contribution < -0.4 is 10.9 Å². The molecule has 94 valence electrons. The molecule has 1 amide bonds. The largest absolute Gasteiger partial charge is 0.350 e. The highest BCUT2D eigenvalue weighted by atomic mass is 79.9. The highest BCUT2D eigenvalue weighted by Gasteiger charge is 2.06. The fourth-order valence-corrected chi connectivity index (χ4v) is 2.80. The Balaban J connectivity index is 1.85. The van der Waals surface area contributed by atoms with Crippen molar-refractivity contribution in [2.75, 3.05) is 6.54 Å². The summed E-state index contributed by atoms with van der Waals surface area (Å²) in [6.07, 6.45) is 0.769. The first-order valence-electron chi connectivity index (χ1n) is 5.22. The Morgan fingerprint density at radius 1 is 1.50 bits per heavy atom. The third-order valence-electron chi connectivity index (χ3n) is 2.19. The van der Waals surface area contributed by atoms with Crippen molar-refractivity contribution in [3.8, 4) is 0 Å². The molecule has 7 heteroatoms. The lowest BCUT2D eigenvalue weighted by Crippen LogP contribution is -2.27. The molecule has 0 radical (unpaired) electrons. The number of carbonyl (C=O) groups excluding carboxylic acids is 1.